The number of amides is 1. The second kappa shape index (κ2) is 9.06. The highest BCUT2D eigenvalue weighted by atomic mass is 35.5. The Morgan fingerprint density at radius 3 is 2.73 bits per heavy atom. The number of aryl methyl sites for hydroxylation is 2. The molecule has 1 amide bonds. The van der Waals surface area contributed by atoms with Crippen LogP contribution in [-0.2, 0) is 6.54 Å². The molecule has 140 valence electrons. The van der Waals surface area contributed by atoms with Gasteiger partial charge >= 0.3 is 0 Å². The Hall–Kier alpha value is -2.04. The van der Waals surface area contributed by atoms with E-state index in [2.05, 4.69) is 42.3 Å². The van der Waals surface area contributed by atoms with Gasteiger partial charge in [-0.1, -0.05) is 24.3 Å². The van der Waals surface area contributed by atoms with Crippen LogP contribution in [0.4, 0.5) is 5.69 Å². The van der Waals surface area contributed by atoms with Crippen molar-refractivity contribution in [3.05, 3.63) is 64.7 Å². The third-order valence-corrected chi connectivity index (χ3v) is 5.05. The standard InChI is InChI=1S/C21H27N3O.ClH/c1-15-6-7-17(10-16(15)2)13-24-9-8-18(14-24)12-23-21(25)19-4-3-5-20(22)11-19;/h3-7,10-11,18H,8-9,12-14,22H2,1-2H3,(H,23,25);1H. The number of halogens is 1. The molecule has 26 heavy (non-hydrogen) atoms. The van der Waals surface area contributed by atoms with E-state index in [-0.39, 0.29) is 18.3 Å². The van der Waals surface area contributed by atoms with Crippen LogP contribution in [0.1, 0.15) is 33.5 Å². The van der Waals surface area contributed by atoms with E-state index in [4.69, 9.17) is 5.73 Å². The molecule has 1 aliphatic rings. The smallest absolute Gasteiger partial charge is 0.251 e. The highest BCUT2D eigenvalue weighted by Crippen LogP contribution is 2.19. The van der Waals surface area contributed by atoms with E-state index in [0.717, 1.165) is 32.6 Å². The molecule has 0 bridgehead atoms. The van der Waals surface area contributed by atoms with Crippen LogP contribution in [-0.4, -0.2) is 30.4 Å². The second-order valence-electron chi connectivity index (χ2n) is 7.14. The summed E-state index contributed by atoms with van der Waals surface area (Å²) in [6.45, 7) is 8.14. The molecule has 1 fully saturated rings. The van der Waals surface area contributed by atoms with Gasteiger partial charge in [-0.05, 0) is 67.6 Å². The fourth-order valence-electron chi connectivity index (χ4n) is 3.40. The highest BCUT2D eigenvalue weighted by Gasteiger charge is 2.23. The van der Waals surface area contributed by atoms with Gasteiger partial charge < -0.3 is 11.1 Å². The van der Waals surface area contributed by atoms with Crippen LogP contribution < -0.4 is 11.1 Å². The molecule has 3 rings (SSSR count). The summed E-state index contributed by atoms with van der Waals surface area (Å²) < 4.78 is 0. The van der Waals surface area contributed by atoms with Crippen molar-refractivity contribution in [1.29, 1.82) is 0 Å². The molecule has 3 N–H and O–H groups in total. The molecule has 0 radical (unpaired) electrons. The number of hydrogen-bond acceptors (Lipinski definition) is 3. The van der Waals surface area contributed by atoms with Gasteiger partial charge in [-0.2, -0.15) is 0 Å². The summed E-state index contributed by atoms with van der Waals surface area (Å²) >= 11 is 0. The maximum absolute atomic E-state index is 12.2. The van der Waals surface area contributed by atoms with Crippen molar-refractivity contribution in [2.24, 2.45) is 5.92 Å². The topological polar surface area (TPSA) is 58.4 Å². The van der Waals surface area contributed by atoms with E-state index in [9.17, 15) is 4.79 Å². The first-order valence-corrected chi connectivity index (χ1v) is 8.93. The summed E-state index contributed by atoms with van der Waals surface area (Å²) in [5, 5.41) is 3.05. The first-order chi connectivity index (χ1) is 12.0. The Morgan fingerprint density at radius 1 is 1.19 bits per heavy atom. The Kier molecular flexibility index (Phi) is 7.06. The van der Waals surface area contributed by atoms with Crippen LogP contribution in [0.25, 0.3) is 0 Å². The van der Waals surface area contributed by atoms with Gasteiger partial charge in [0, 0.05) is 30.9 Å². The maximum atomic E-state index is 12.2. The number of likely N-dealkylation sites (tertiary alicyclic amines) is 1. The van der Waals surface area contributed by atoms with Gasteiger partial charge in [0.25, 0.3) is 5.91 Å². The molecule has 0 aliphatic carbocycles. The predicted octanol–water partition coefficient (Wildman–Crippen LogP) is 3.56. The number of nitrogen functional groups attached to an aromatic ring is 1. The van der Waals surface area contributed by atoms with Crippen molar-refractivity contribution < 1.29 is 4.79 Å². The minimum atomic E-state index is -0.0418. The SMILES string of the molecule is Cc1ccc(CN2CCC(CNC(=O)c3cccc(N)c3)C2)cc1C.Cl. The molecule has 0 saturated carbocycles. The number of nitrogens with two attached hydrogens (primary N) is 1. The lowest BCUT2D eigenvalue weighted by Crippen LogP contribution is -2.31. The van der Waals surface area contributed by atoms with Crippen molar-refractivity contribution in [3.63, 3.8) is 0 Å². The number of nitrogens with one attached hydrogen (secondary N) is 1. The molecule has 0 aromatic heterocycles. The van der Waals surface area contributed by atoms with Gasteiger partial charge in [0.05, 0.1) is 0 Å². The number of nitrogens with zero attached hydrogens (tertiary/aromatic N) is 1. The predicted molar refractivity (Wildman–Crippen MR) is 110 cm³/mol. The second-order valence-corrected chi connectivity index (χ2v) is 7.14. The molecule has 1 unspecified atom stereocenters. The van der Waals surface area contributed by atoms with Crippen molar-refractivity contribution >= 4 is 24.0 Å². The summed E-state index contributed by atoms with van der Waals surface area (Å²) in [5.74, 6) is 0.469. The molecule has 1 aliphatic heterocycles. The van der Waals surface area contributed by atoms with E-state index >= 15 is 0 Å². The summed E-state index contributed by atoms with van der Waals surface area (Å²) in [6.07, 6.45) is 1.13. The minimum Gasteiger partial charge on any atom is -0.399 e. The lowest BCUT2D eigenvalue weighted by Gasteiger charge is -2.17. The molecular weight excluding hydrogens is 346 g/mol. The van der Waals surface area contributed by atoms with Crippen molar-refractivity contribution in [1.82, 2.24) is 10.2 Å². The zero-order valence-corrected chi connectivity index (χ0v) is 16.3. The molecular formula is C21H28ClN3O. The fourth-order valence-corrected chi connectivity index (χ4v) is 3.40. The van der Waals surface area contributed by atoms with Gasteiger partial charge in [0.15, 0.2) is 0 Å². The average Bonchev–Trinajstić information content (AvgIpc) is 3.03. The summed E-state index contributed by atoms with van der Waals surface area (Å²) in [7, 11) is 0. The highest BCUT2D eigenvalue weighted by molar-refractivity contribution is 5.94. The van der Waals surface area contributed by atoms with Crippen molar-refractivity contribution in [3.8, 4) is 0 Å². The Bertz CT molecular complexity index is 763. The van der Waals surface area contributed by atoms with Crippen LogP contribution in [0.5, 0.6) is 0 Å². The van der Waals surface area contributed by atoms with Gasteiger partial charge in [0.2, 0.25) is 0 Å². The number of carbonyl (C=O) groups excluding carboxylic acids is 1. The number of benzene rings is 2. The summed E-state index contributed by atoms with van der Waals surface area (Å²) in [4.78, 5) is 14.7. The van der Waals surface area contributed by atoms with Crippen molar-refractivity contribution in [2.45, 2.75) is 26.8 Å². The normalized spacial score (nSPS) is 16.9. The average molecular weight is 374 g/mol. The third kappa shape index (κ3) is 5.23. The zero-order valence-electron chi connectivity index (χ0n) is 15.5. The number of rotatable bonds is 5. The van der Waals surface area contributed by atoms with Gasteiger partial charge in [-0.3, -0.25) is 9.69 Å². The number of anilines is 1. The number of hydrogen-bond donors (Lipinski definition) is 2. The van der Waals surface area contributed by atoms with Gasteiger partial charge in [0.1, 0.15) is 0 Å². The van der Waals surface area contributed by atoms with E-state index in [1.54, 1.807) is 18.2 Å². The fraction of sp³-hybridized carbons (Fsp3) is 0.381. The quantitative estimate of drug-likeness (QED) is 0.788. The first-order valence-electron chi connectivity index (χ1n) is 8.93. The largest absolute Gasteiger partial charge is 0.399 e. The van der Waals surface area contributed by atoms with Gasteiger partial charge in [-0.15, -0.1) is 12.4 Å². The van der Waals surface area contributed by atoms with Gasteiger partial charge in [-0.25, -0.2) is 0 Å². The summed E-state index contributed by atoms with van der Waals surface area (Å²) in [6, 6.07) is 13.8. The molecule has 5 heteroatoms. The molecule has 1 heterocycles. The molecule has 1 saturated heterocycles. The van der Waals surface area contributed by atoms with Crippen LogP contribution >= 0.6 is 12.4 Å². The molecule has 2 aromatic rings. The molecule has 0 spiro atoms. The number of carbonyl (C=O) groups is 1. The van der Waals surface area contributed by atoms with Crippen LogP contribution in [0.3, 0.4) is 0 Å². The minimum absolute atomic E-state index is 0. The van der Waals surface area contributed by atoms with E-state index in [1.807, 2.05) is 6.07 Å². The van der Waals surface area contributed by atoms with E-state index < -0.39 is 0 Å². The molecule has 1 atom stereocenters. The first kappa shape index (κ1) is 20.3. The maximum Gasteiger partial charge on any atom is 0.251 e. The van der Waals surface area contributed by atoms with Crippen LogP contribution in [0.2, 0.25) is 0 Å². The van der Waals surface area contributed by atoms with E-state index in [0.29, 0.717) is 17.2 Å². The van der Waals surface area contributed by atoms with Crippen molar-refractivity contribution in [2.75, 3.05) is 25.4 Å². The van der Waals surface area contributed by atoms with E-state index in [1.165, 1.54) is 16.7 Å². The molecule has 4 nitrogen and oxygen atoms in total. The Labute approximate surface area is 162 Å². The lowest BCUT2D eigenvalue weighted by molar-refractivity contribution is 0.0947. The Morgan fingerprint density at radius 2 is 2.00 bits per heavy atom. The third-order valence-electron chi connectivity index (χ3n) is 5.05. The van der Waals surface area contributed by atoms with Crippen LogP contribution in [0, 0.1) is 19.8 Å². The lowest BCUT2D eigenvalue weighted by atomic mass is 10.1. The zero-order chi connectivity index (χ0) is 17.8. The molecule has 2 aromatic carbocycles. The Balaban J connectivity index is 0.00000243. The van der Waals surface area contributed by atoms with Crippen LogP contribution in [0.15, 0.2) is 42.5 Å². The monoisotopic (exact) mass is 373 g/mol. The summed E-state index contributed by atoms with van der Waals surface area (Å²) in [5.41, 5.74) is 11.0.